The van der Waals surface area contributed by atoms with E-state index in [-0.39, 0.29) is 23.4 Å². The molecule has 4 heterocycles. The quantitative estimate of drug-likeness (QED) is 0.670. The first-order chi connectivity index (χ1) is 14.0. The zero-order valence-electron chi connectivity index (χ0n) is 16.0. The minimum atomic E-state index is -0.549. The van der Waals surface area contributed by atoms with Crippen LogP contribution in [0, 0.1) is 5.82 Å². The molecule has 0 aliphatic carbocycles. The van der Waals surface area contributed by atoms with E-state index in [9.17, 15) is 14.0 Å². The predicted octanol–water partition coefficient (Wildman–Crippen LogP) is 2.37. The van der Waals surface area contributed by atoms with Crippen molar-refractivity contribution in [2.75, 3.05) is 13.1 Å². The summed E-state index contributed by atoms with van der Waals surface area (Å²) in [5.74, 6) is -0.313. The SMILES string of the molecule is C[C@H]1C(=O)N2CCC[C@@H]2CN1C(=O)c1cc(F)cc(-c2cnc3nccn3c2)c1. The van der Waals surface area contributed by atoms with Crippen LogP contribution < -0.4 is 0 Å². The van der Waals surface area contributed by atoms with Crippen molar-refractivity contribution in [1.82, 2.24) is 24.2 Å². The molecule has 2 aliphatic rings. The monoisotopic (exact) mass is 393 g/mol. The van der Waals surface area contributed by atoms with Crippen molar-refractivity contribution in [3.05, 3.63) is 54.4 Å². The van der Waals surface area contributed by atoms with Crippen molar-refractivity contribution in [2.45, 2.75) is 31.8 Å². The standard InChI is InChI=1S/C21H20FN5O2/c1-13-19(28)26-5-2-3-18(26)12-27(13)20(29)15-7-14(8-17(22)9-15)16-10-24-21-23-4-6-25(21)11-16/h4,6-11,13,18H,2-3,5,12H2,1H3/t13-,18+/m0/s1. The molecule has 8 heteroatoms. The Hall–Kier alpha value is -3.29. The number of amides is 2. The zero-order chi connectivity index (χ0) is 20.1. The van der Waals surface area contributed by atoms with Crippen molar-refractivity contribution < 1.29 is 14.0 Å². The first-order valence-electron chi connectivity index (χ1n) is 9.72. The van der Waals surface area contributed by atoms with E-state index in [4.69, 9.17) is 0 Å². The summed E-state index contributed by atoms with van der Waals surface area (Å²) in [6.45, 7) is 2.98. The fraction of sp³-hybridized carbons (Fsp3) is 0.333. The number of carbonyl (C=O) groups excluding carboxylic acids is 2. The van der Waals surface area contributed by atoms with Crippen LogP contribution in [0.4, 0.5) is 4.39 Å². The summed E-state index contributed by atoms with van der Waals surface area (Å²) in [6, 6.07) is 3.77. The Morgan fingerprint density at radius 2 is 2.07 bits per heavy atom. The van der Waals surface area contributed by atoms with Gasteiger partial charge in [-0.15, -0.1) is 0 Å². The maximum absolute atomic E-state index is 14.4. The molecule has 0 N–H and O–H groups in total. The number of aromatic nitrogens is 3. The third-order valence-corrected chi connectivity index (χ3v) is 5.88. The number of fused-ring (bicyclic) bond motifs is 2. The van der Waals surface area contributed by atoms with E-state index in [0.29, 0.717) is 23.4 Å². The molecule has 2 amide bonds. The molecule has 0 radical (unpaired) electrons. The largest absolute Gasteiger partial charge is 0.336 e. The number of imidazole rings is 1. The van der Waals surface area contributed by atoms with Crippen molar-refractivity contribution in [3.63, 3.8) is 0 Å². The van der Waals surface area contributed by atoms with E-state index in [1.54, 1.807) is 47.1 Å². The molecule has 148 valence electrons. The van der Waals surface area contributed by atoms with Crippen LogP contribution in [-0.4, -0.2) is 61.2 Å². The number of piperazine rings is 1. The van der Waals surface area contributed by atoms with Gasteiger partial charge in [-0.25, -0.2) is 14.4 Å². The van der Waals surface area contributed by atoms with Gasteiger partial charge in [0.1, 0.15) is 11.9 Å². The van der Waals surface area contributed by atoms with Crippen LogP contribution in [0.25, 0.3) is 16.9 Å². The third kappa shape index (κ3) is 2.95. The molecule has 0 bridgehead atoms. The molecule has 29 heavy (non-hydrogen) atoms. The van der Waals surface area contributed by atoms with Crippen LogP contribution in [0.5, 0.6) is 0 Å². The van der Waals surface area contributed by atoms with E-state index in [1.807, 2.05) is 4.90 Å². The summed E-state index contributed by atoms with van der Waals surface area (Å²) in [5, 5.41) is 0. The highest BCUT2D eigenvalue weighted by molar-refractivity contribution is 5.99. The molecular weight excluding hydrogens is 373 g/mol. The summed E-state index contributed by atoms with van der Waals surface area (Å²) < 4.78 is 16.1. The summed E-state index contributed by atoms with van der Waals surface area (Å²) >= 11 is 0. The number of benzene rings is 1. The number of nitrogens with zero attached hydrogens (tertiary/aromatic N) is 5. The molecule has 1 aromatic carbocycles. The molecule has 0 saturated carbocycles. The molecule has 3 aromatic rings. The lowest BCUT2D eigenvalue weighted by atomic mass is 10.0. The Labute approximate surface area is 166 Å². The van der Waals surface area contributed by atoms with Gasteiger partial charge in [-0.1, -0.05) is 0 Å². The lowest BCUT2D eigenvalue weighted by Gasteiger charge is -2.41. The first-order valence-corrected chi connectivity index (χ1v) is 9.72. The summed E-state index contributed by atoms with van der Waals surface area (Å²) in [6.07, 6.45) is 8.64. The third-order valence-electron chi connectivity index (χ3n) is 5.88. The molecule has 0 unspecified atom stereocenters. The maximum Gasteiger partial charge on any atom is 0.254 e. The molecule has 2 aliphatic heterocycles. The Morgan fingerprint density at radius 3 is 2.93 bits per heavy atom. The van der Waals surface area contributed by atoms with Gasteiger partial charge in [0.2, 0.25) is 11.7 Å². The lowest BCUT2D eigenvalue weighted by molar-refractivity contribution is -0.141. The smallest absolute Gasteiger partial charge is 0.254 e. The first kappa shape index (κ1) is 17.8. The van der Waals surface area contributed by atoms with Crippen molar-refractivity contribution in [3.8, 4) is 11.1 Å². The second-order valence-corrected chi connectivity index (χ2v) is 7.67. The summed E-state index contributed by atoms with van der Waals surface area (Å²) in [4.78, 5) is 37.7. The number of hydrogen-bond acceptors (Lipinski definition) is 4. The number of hydrogen-bond donors (Lipinski definition) is 0. The average molecular weight is 393 g/mol. The normalized spacial score (nSPS) is 21.7. The fourth-order valence-corrected chi connectivity index (χ4v) is 4.34. The Morgan fingerprint density at radius 1 is 1.21 bits per heavy atom. The van der Waals surface area contributed by atoms with Gasteiger partial charge in [-0.2, -0.15) is 0 Å². The molecule has 7 nitrogen and oxygen atoms in total. The summed E-state index contributed by atoms with van der Waals surface area (Å²) in [5.41, 5.74) is 1.46. The van der Waals surface area contributed by atoms with Gasteiger partial charge in [0.25, 0.3) is 5.91 Å². The predicted molar refractivity (Wildman–Crippen MR) is 104 cm³/mol. The molecule has 2 atom stereocenters. The second kappa shape index (κ2) is 6.65. The lowest BCUT2D eigenvalue weighted by Crippen LogP contribution is -2.60. The fourth-order valence-electron chi connectivity index (χ4n) is 4.34. The summed E-state index contributed by atoms with van der Waals surface area (Å²) in [7, 11) is 0. The molecule has 2 fully saturated rings. The minimum Gasteiger partial charge on any atom is -0.336 e. The van der Waals surface area contributed by atoms with E-state index >= 15 is 0 Å². The van der Waals surface area contributed by atoms with Gasteiger partial charge in [0.15, 0.2) is 0 Å². The van der Waals surface area contributed by atoms with Crippen LogP contribution in [0.1, 0.15) is 30.1 Å². The average Bonchev–Trinajstić information content (AvgIpc) is 3.38. The topological polar surface area (TPSA) is 70.8 Å². The molecule has 0 spiro atoms. The van der Waals surface area contributed by atoms with Crippen molar-refractivity contribution in [1.29, 1.82) is 0 Å². The van der Waals surface area contributed by atoms with Gasteiger partial charge in [-0.05, 0) is 43.5 Å². The van der Waals surface area contributed by atoms with Gasteiger partial charge in [0.05, 0.1) is 0 Å². The van der Waals surface area contributed by atoms with Gasteiger partial charge in [-0.3, -0.25) is 14.0 Å². The van der Waals surface area contributed by atoms with Crippen LogP contribution in [-0.2, 0) is 4.79 Å². The highest BCUT2D eigenvalue weighted by atomic mass is 19.1. The van der Waals surface area contributed by atoms with E-state index < -0.39 is 11.9 Å². The van der Waals surface area contributed by atoms with Crippen LogP contribution >= 0.6 is 0 Å². The van der Waals surface area contributed by atoms with E-state index in [0.717, 1.165) is 19.4 Å². The van der Waals surface area contributed by atoms with E-state index in [1.165, 1.54) is 12.1 Å². The molecule has 5 rings (SSSR count). The Bertz CT molecular complexity index is 1130. The second-order valence-electron chi connectivity index (χ2n) is 7.67. The molecule has 2 aromatic heterocycles. The molecular formula is C21H20FN5O2. The zero-order valence-corrected chi connectivity index (χ0v) is 16.0. The highest BCUT2D eigenvalue weighted by Gasteiger charge is 2.42. The van der Waals surface area contributed by atoms with Crippen LogP contribution in [0.2, 0.25) is 0 Å². The van der Waals surface area contributed by atoms with Crippen molar-refractivity contribution in [2.24, 2.45) is 0 Å². The highest BCUT2D eigenvalue weighted by Crippen LogP contribution is 2.28. The minimum absolute atomic E-state index is 0.0292. The Balaban J connectivity index is 1.49. The van der Waals surface area contributed by atoms with Crippen LogP contribution in [0.3, 0.4) is 0 Å². The van der Waals surface area contributed by atoms with Crippen molar-refractivity contribution >= 4 is 17.6 Å². The number of rotatable bonds is 2. The van der Waals surface area contributed by atoms with Gasteiger partial charge >= 0.3 is 0 Å². The maximum atomic E-state index is 14.4. The van der Waals surface area contributed by atoms with Gasteiger partial charge in [0, 0.05) is 55.0 Å². The van der Waals surface area contributed by atoms with E-state index in [2.05, 4.69) is 9.97 Å². The van der Waals surface area contributed by atoms with Crippen LogP contribution in [0.15, 0.2) is 43.0 Å². The number of halogens is 1. The molecule has 2 saturated heterocycles. The Kier molecular flexibility index (Phi) is 4.08. The number of carbonyl (C=O) groups is 2. The van der Waals surface area contributed by atoms with Gasteiger partial charge < -0.3 is 9.80 Å².